The van der Waals surface area contributed by atoms with E-state index in [1.165, 1.54) is 6.07 Å². The third-order valence-corrected chi connectivity index (χ3v) is 2.88. The van der Waals surface area contributed by atoms with Crippen LogP contribution in [0.3, 0.4) is 0 Å². The lowest BCUT2D eigenvalue weighted by atomic mass is 10.1. The normalized spacial score (nSPS) is 13.4. The second-order valence-corrected chi connectivity index (χ2v) is 3.78. The minimum atomic E-state index is -3.04. The number of halogens is 5. The molecule has 0 aliphatic heterocycles. The van der Waals surface area contributed by atoms with Crippen molar-refractivity contribution in [3.63, 3.8) is 0 Å². The van der Waals surface area contributed by atoms with Gasteiger partial charge in [0.2, 0.25) is 0 Å². The molecular formula is C8H5BrClF3O. The van der Waals surface area contributed by atoms with Gasteiger partial charge < -0.3 is 5.11 Å². The lowest BCUT2D eigenvalue weighted by Gasteiger charge is -2.11. The van der Waals surface area contributed by atoms with Gasteiger partial charge in [-0.2, -0.15) is 0 Å². The highest BCUT2D eigenvalue weighted by Crippen LogP contribution is 2.32. The molecule has 0 bridgehead atoms. The highest BCUT2D eigenvalue weighted by molar-refractivity contribution is 9.10. The monoisotopic (exact) mass is 288 g/mol. The van der Waals surface area contributed by atoms with Crippen LogP contribution in [0.25, 0.3) is 0 Å². The van der Waals surface area contributed by atoms with Crippen molar-refractivity contribution in [3.05, 3.63) is 33.0 Å². The zero-order valence-electron chi connectivity index (χ0n) is 6.65. The van der Waals surface area contributed by atoms with Crippen LogP contribution in [0, 0.1) is 5.82 Å². The molecule has 1 atom stereocenters. The molecule has 0 saturated carbocycles. The van der Waals surface area contributed by atoms with E-state index in [1.54, 1.807) is 0 Å². The van der Waals surface area contributed by atoms with Crippen molar-refractivity contribution in [1.29, 1.82) is 0 Å². The quantitative estimate of drug-likeness (QED) is 0.826. The van der Waals surface area contributed by atoms with Gasteiger partial charge >= 0.3 is 0 Å². The van der Waals surface area contributed by atoms with Crippen molar-refractivity contribution in [2.24, 2.45) is 0 Å². The van der Waals surface area contributed by atoms with Gasteiger partial charge in [-0.3, -0.25) is 0 Å². The molecule has 1 aromatic rings. The first kappa shape index (κ1) is 11.8. The van der Waals surface area contributed by atoms with Crippen LogP contribution in [0.2, 0.25) is 5.02 Å². The SMILES string of the molecule is OC(c1ccc(Br)c(Cl)c1F)C(F)F. The molecule has 0 aliphatic rings. The number of aliphatic hydroxyl groups excluding tert-OH is 1. The van der Waals surface area contributed by atoms with Crippen LogP contribution in [0.5, 0.6) is 0 Å². The fourth-order valence-corrected chi connectivity index (χ4v) is 1.38. The fraction of sp³-hybridized carbons (Fsp3) is 0.250. The molecule has 6 heteroatoms. The summed E-state index contributed by atoms with van der Waals surface area (Å²) < 4.78 is 37.6. The summed E-state index contributed by atoms with van der Waals surface area (Å²) in [7, 11) is 0. The van der Waals surface area contributed by atoms with E-state index in [9.17, 15) is 13.2 Å². The van der Waals surface area contributed by atoms with Crippen molar-refractivity contribution >= 4 is 27.5 Å². The largest absolute Gasteiger partial charge is 0.382 e. The molecule has 0 heterocycles. The molecule has 0 aromatic heterocycles. The Morgan fingerprint density at radius 3 is 2.43 bits per heavy atom. The molecule has 0 aliphatic carbocycles. The highest BCUT2D eigenvalue weighted by Gasteiger charge is 2.24. The van der Waals surface area contributed by atoms with E-state index in [2.05, 4.69) is 15.9 Å². The number of rotatable bonds is 2. The Morgan fingerprint density at radius 1 is 1.36 bits per heavy atom. The summed E-state index contributed by atoms with van der Waals surface area (Å²) in [5.41, 5.74) is -0.506. The van der Waals surface area contributed by atoms with Gasteiger partial charge in [0.15, 0.2) is 0 Å². The number of hydrogen-bond donors (Lipinski definition) is 1. The maximum absolute atomic E-state index is 13.2. The molecular weight excluding hydrogens is 284 g/mol. The molecule has 0 saturated heterocycles. The molecule has 1 N–H and O–H groups in total. The number of hydrogen-bond acceptors (Lipinski definition) is 1. The van der Waals surface area contributed by atoms with Crippen LogP contribution < -0.4 is 0 Å². The molecule has 78 valence electrons. The molecule has 0 radical (unpaired) electrons. The zero-order valence-corrected chi connectivity index (χ0v) is 8.99. The zero-order chi connectivity index (χ0) is 10.9. The van der Waals surface area contributed by atoms with Crippen molar-refractivity contribution in [1.82, 2.24) is 0 Å². The summed E-state index contributed by atoms with van der Waals surface area (Å²) >= 11 is 8.38. The van der Waals surface area contributed by atoms with Crippen LogP contribution in [-0.2, 0) is 0 Å². The Hall–Kier alpha value is -0.260. The second kappa shape index (κ2) is 4.51. The fourth-order valence-electron chi connectivity index (χ4n) is 0.905. The smallest absolute Gasteiger partial charge is 0.268 e. The Labute approximate surface area is 91.6 Å². The first-order chi connectivity index (χ1) is 6.45. The third-order valence-electron chi connectivity index (χ3n) is 1.62. The standard InChI is InChI=1S/C8H5BrClF3O/c9-4-2-1-3(6(11)5(4)10)7(14)8(12)13/h1-2,7-8,14H. The maximum Gasteiger partial charge on any atom is 0.268 e. The van der Waals surface area contributed by atoms with Gasteiger partial charge in [-0.15, -0.1) is 0 Å². The first-order valence-corrected chi connectivity index (χ1v) is 4.72. The minimum absolute atomic E-state index is 0.252. The molecule has 0 amide bonds. The third kappa shape index (κ3) is 2.21. The molecule has 14 heavy (non-hydrogen) atoms. The Balaban J connectivity index is 3.17. The number of alkyl halides is 2. The van der Waals surface area contributed by atoms with Gasteiger partial charge in [-0.05, 0) is 22.0 Å². The van der Waals surface area contributed by atoms with Crippen LogP contribution >= 0.6 is 27.5 Å². The summed E-state index contributed by atoms with van der Waals surface area (Å²) in [6.07, 6.45) is -5.19. The summed E-state index contributed by atoms with van der Waals surface area (Å²) in [6, 6.07) is 2.36. The Bertz CT molecular complexity index is 346. The van der Waals surface area contributed by atoms with Crippen molar-refractivity contribution < 1.29 is 18.3 Å². The minimum Gasteiger partial charge on any atom is -0.382 e. The van der Waals surface area contributed by atoms with E-state index in [0.717, 1.165) is 6.07 Å². The first-order valence-electron chi connectivity index (χ1n) is 3.54. The van der Waals surface area contributed by atoms with E-state index in [4.69, 9.17) is 16.7 Å². The van der Waals surface area contributed by atoms with Gasteiger partial charge in [-0.25, -0.2) is 13.2 Å². The maximum atomic E-state index is 13.2. The number of benzene rings is 1. The van der Waals surface area contributed by atoms with Gasteiger partial charge in [0, 0.05) is 10.0 Å². The highest BCUT2D eigenvalue weighted by atomic mass is 79.9. The van der Waals surface area contributed by atoms with Crippen LogP contribution in [0.1, 0.15) is 11.7 Å². The summed E-state index contributed by atoms with van der Waals surface area (Å²) in [4.78, 5) is 0. The summed E-state index contributed by atoms with van der Waals surface area (Å²) in [6.45, 7) is 0. The molecule has 1 rings (SSSR count). The predicted molar refractivity (Wildman–Crippen MR) is 50.1 cm³/mol. The van der Waals surface area contributed by atoms with Crippen molar-refractivity contribution in [2.45, 2.75) is 12.5 Å². The molecule has 1 unspecified atom stereocenters. The van der Waals surface area contributed by atoms with Crippen LogP contribution in [-0.4, -0.2) is 11.5 Å². The number of aliphatic hydroxyl groups is 1. The average Bonchev–Trinajstić information content (AvgIpc) is 2.13. The topological polar surface area (TPSA) is 20.2 Å². The van der Waals surface area contributed by atoms with Gasteiger partial charge in [0.25, 0.3) is 6.43 Å². The summed E-state index contributed by atoms with van der Waals surface area (Å²) in [5, 5.41) is 8.61. The Kier molecular flexibility index (Phi) is 3.80. The van der Waals surface area contributed by atoms with Crippen molar-refractivity contribution in [3.8, 4) is 0 Å². The molecule has 0 fully saturated rings. The summed E-state index contributed by atoms with van der Waals surface area (Å²) in [5.74, 6) is -1.03. The van der Waals surface area contributed by atoms with Gasteiger partial charge in [-0.1, -0.05) is 17.7 Å². The molecule has 1 nitrogen and oxygen atoms in total. The van der Waals surface area contributed by atoms with E-state index in [0.29, 0.717) is 0 Å². The second-order valence-electron chi connectivity index (χ2n) is 2.54. The average molecular weight is 289 g/mol. The van der Waals surface area contributed by atoms with Gasteiger partial charge in [0.1, 0.15) is 11.9 Å². The van der Waals surface area contributed by atoms with E-state index in [-0.39, 0.29) is 9.50 Å². The lowest BCUT2D eigenvalue weighted by Crippen LogP contribution is -2.10. The van der Waals surface area contributed by atoms with E-state index in [1.807, 2.05) is 0 Å². The lowest BCUT2D eigenvalue weighted by molar-refractivity contribution is -0.00771. The molecule has 0 spiro atoms. The molecule has 1 aromatic carbocycles. The van der Waals surface area contributed by atoms with Crippen LogP contribution in [0.4, 0.5) is 13.2 Å². The van der Waals surface area contributed by atoms with Crippen molar-refractivity contribution in [2.75, 3.05) is 0 Å². The Morgan fingerprint density at radius 2 is 1.93 bits per heavy atom. The van der Waals surface area contributed by atoms with E-state index >= 15 is 0 Å². The van der Waals surface area contributed by atoms with Crippen LogP contribution in [0.15, 0.2) is 16.6 Å². The van der Waals surface area contributed by atoms with E-state index < -0.39 is 23.9 Å². The predicted octanol–water partition coefficient (Wildman–Crippen LogP) is 3.54. The van der Waals surface area contributed by atoms with Gasteiger partial charge in [0.05, 0.1) is 5.02 Å².